The van der Waals surface area contributed by atoms with Crippen molar-refractivity contribution in [3.8, 4) is 0 Å². The quantitative estimate of drug-likeness (QED) is 0.812. The third-order valence-corrected chi connectivity index (χ3v) is 5.11. The summed E-state index contributed by atoms with van der Waals surface area (Å²) in [5.74, 6) is -1.52. The summed E-state index contributed by atoms with van der Waals surface area (Å²) in [6, 6.07) is 3.80. The van der Waals surface area contributed by atoms with Gasteiger partial charge < -0.3 is 19.2 Å². The molecule has 4 heterocycles. The third-order valence-electron chi connectivity index (χ3n) is 5.11. The van der Waals surface area contributed by atoms with E-state index in [4.69, 9.17) is 9.15 Å². The van der Waals surface area contributed by atoms with E-state index in [-0.39, 0.29) is 5.91 Å². The molecule has 0 radical (unpaired) electrons. The molecule has 0 spiro atoms. The molecule has 4 atom stereocenters. The maximum atomic E-state index is 12.8. The van der Waals surface area contributed by atoms with Crippen molar-refractivity contribution in [3.63, 3.8) is 0 Å². The molecular formula is C17H20N2O5. The van der Waals surface area contributed by atoms with Gasteiger partial charge in [0.15, 0.2) is 0 Å². The molecule has 1 N–H and O–H groups in total. The number of ether oxygens (including phenoxy) is 1. The van der Waals surface area contributed by atoms with Crippen molar-refractivity contribution in [2.75, 3.05) is 26.2 Å². The van der Waals surface area contributed by atoms with Gasteiger partial charge in [-0.1, -0.05) is 12.2 Å². The van der Waals surface area contributed by atoms with Crippen LogP contribution in [0.15, 0.2) is 35.0 Å². The van der Waals surface area contributed by atoms with Gasteiger partial charge in [-0.15, -0.1) is 0 Å². The average molecular weight is 332 g/mol. The molecule has 7 nitrogen and oxygen atoms in total. The predicted octanol–water partition coefficient (Wildman–Crippen LogP) is 0.578. The molecule has 0 aliphatic carbocycles. The number of carbonyl (C=O) groups is 2. The normalized spacial score (nSPS) is 32.4. The van der Waals surface area contributed by atoms with E-state index in [0.717, 1.165) is 25.4 Å². The van der Waals surface area contributed by atoms with Crippen LogP contribution in [-0.4, -0.2) is 65.2 Å². The van der Waals surface area contributed by atoms with Crippen molar-refractivity contribution in [2.45, 2.75) is 18.8 Å². The summed E-state index contributed by atoms with van der Waals surface area (Å²) in [6.07, 6.45) is 4.37. The second kappa shape index (κ2) is 6.07. The maximum Gasteiger partial charge on any atom is 0.310 e. The SMILES string of the molecule is O=C(O)[C@@H]1[C@H](C(=O)N2CCN(Cc3ccco3)CC2)[C@H]2C=C[C@H]1O2. The highest BCUT2D eigenvalue weighted by atomic mass is 16.5. The van der Waals surface area contributed by atoms with Crippen LogP contribution in [0.25, 0.3) is 0 Å². The van der Waals surface area contributed by atoms with Crippen molar-refractivity contribution in [2.24, 2.45) is 11.8 Å². The van der Waals surface area contributed by atoms with Crippen LogP contribution < -0.4 is 0 Å². The van der Waals surface area contributed by atoms with Gasteiger partial charge in [0.05, 0.1) is 30.9 Å². The fraction of sp³-hybridized carbons (Fsp3) is 0.529. The molecule has 128 valence electrons. The van der Waals surface area contributed by atoms with Crippen molar-refractivity contribution >= 4 is 11.9 Å². The molecule has 24 heavy (non-hydrogen) atoms. The van der Waals surface area contributed by atoms with Gasteiger partial charge in [-0.25, -0.2) is 0 Å². The Morgan fingerprint density at radius 2 is 1.83 bits per heavy atom. The van der Waals surface area contributed by atoms with E-state index >= 15 is 0 Å². The molecule has 3 aliphatic rings. The Morgan fingerprint density at radius 1 is 1.12 bits per heavy atom. The number of fused-ring (bicyclic) bond motifs is 2. The number of furan rings is 1. The molecular weight excluding hydrogens is 312 g/mol. The van der Waals surface area contributed by atoms with Gasteiger partial charge in [0, 0.05) is 26.2 Å². The molecule has 4 rings (SSSR count). The lowest BCUT2D eigenvalue weighted by Crippen LogP contribution is -2.52. The van der Waals surface area contributed by atoms with Crippen molar-refractivity contribution in [3.05, 3.63) is 36.3 Å². The predicted molar refractivity (Wildman–Crippen MR) is 83.0 cm³/mol. The number of carboxylic acids is 1. The minimum atomic E-state index is -0.957. The van der Waals surface area contributed by atoms with Crippen LogP contribution in [-0.2, 0) is 20.9 Å². The highest BCUT2D eigenvalue weighted by Crippen LogP contribution is 2.40. The fourth-order valence-corrected chi connectivity index (χ4v) is 3.86. The number of rotatable bonds is 4. The molecule has 3 aliphatic heterocycles. The summed E-state index contributed by atoms with van der Waals surface area (Å²) in [5, 5.41) is 9.44. The summed E-state index contributed by atoms with van der Waals surface area (Å²) in [6.45, 7) is 3.43. The number of piperazine rings is 1. The molecule has 7 heteroatoms. The Morgan fingerprint density at radius 3 is 2.46 bits per heavy atom. The van der Waals surface area contributed by atoms with E-state index in [1.807, 2.05) is 18.2 Å². The average Bonchev–Trinajstić information content (AvgIpc) is 3.31. The van der Waals surface area contributed by atoms with Crippen LogP contribution in [0.4, 0.5) is 0 Å². The lowest BCUT2D eigenvalue weighted by molar-refractivity contribution is -0.150. The summed E-state index contributed by atoms with van der Waals surface area (Å²) in [7, 11) is 0. The van der Waals surface area contributed by atoms with E-state index in [2.05, 4.69) is 4.90 Å². The van der Waals surface area contributed by atoms with Crippen LogP contribution in [0.2, 0.25) is 0 Å². The highest BCUT2D eigenvalue weighted by molar-refractivity contribution is 5.87. The van der Waals surface area contributed by atoms with E-state index in [1.54, 1.807) is 17.2 Å². The number of carboxylic acid groups (broad SMARTS) is 1. The van der Waals surface area contributed by atoms with Crippen molar-refractivity contribution in [1.82, 2.24) is 9.80 Å². The summed E-state index contributed by atoms with van der Waals surface area (Å²) < 4.78 is 11.0. The molecule has 0 aromatic carbocycles. The summed E-state index contributed by atoms with van der Waals surface area (Å²) in [5.41, 5.74) is 0. The number of amides is 1. The molecule has 1 aromatic rings. The highest BCUT2D eigenvalue weighted by Gasteiger charge is 2.54. The van der Waals surface area contributed by atoms with E-state index in [1.165, 1.54) is 0 Å². The van der Waals surface area contributed by atoms with Crippen molar-refractivity contribution < 1.29 is 23.8 Å². The van der Waals surface area contributed by atoms with E-state index in [0.29, 0.717) is 13.1 Å². The fourth-order valence-electron chi connectivity index (χ4n) is 3.86. The molecule has 2 bridgehead atoms. The number of hydrogen-bond donors (Lipinski definition) is 1. The first-order valence-corrected chi connectivity index (χ1v) is 8.23. The van der Waals surface area contributed by atoms with Crippen molar-refractivity contribution in [1.29, 1.82) is 0 Å². The Labute approximate surface area is 139 Å². The lowest BCUT2D eigenvalue weighted by Gasteiger charge is -2.36. The molecule has 1 amide bonds. The summed E-state index contributed by atoms with van der Waals surface area (Å²) in [4.78, 5) is 28.4. The summed E-state index contributed by atoms with van der Waals surface area (Å²) >= 11 is 0. The van der Waals surface area contributed by atoms with Gasteiger partial charge in [-0.05, 0) is 12.1 Å². The lowest BCUT2D eigenvalue weighted by atomic mass is 9.82. The molecule has 1 aromatic heterocycles. The van der Waals surface area contributed by atoms with Gasteiger partial charge in [0.2, 0.25) is 5.91 Å². The van der Waals surface area contributed by atoms with Crippen LogP contribution in [0, 0.1) is 11.8 Å². The molecule has 2 saturated heterocycles. The zero-order valence-electron chi connectivity index (χ0n) is 13.2. The zero-order valence-corrected chi connectivity index (χ0v) is 13.2. The Bertz CT molecular complexity index is 648. The first kappa shape index (κ1) is 15.4. The minimum Gasteiger partial charge on any atom is -0.481 e. The Balaban J connectivity index is 1.38. The zero-order chi connectivity index (χ0) is 16.7. The van der Waals surface area contributed by atoms with Crippen LogP contribution in [0.1, 0.15) is 5.76 Å². The first-order chi connectivity index (χ1) is 11.6. The smallest absolute Gasteiger partial charge is 0.310 e. The Kier molecular flexibility index (Phi) is 3.90. The molecule has 0 saturated carbocycles. The second-order valence-corrected chi connectivity index (χ2v) is 6.52. The van der Waals surface area contributed by atoms with Gasteiger partial charge in [-0.3, -0.25) is 14.5 Å². The monoisotopic (exact) mass is 332 g/mol. The molecule has 2 fully saturated rings. The van der Waals surface area contributed by atoms with Gasteiger partial charge in [-0.2, -0.15) is 0 Å². The largest absolute Gasteiger partial charge is 0.481 e. The van der Waals surface area contributed by atoms with E-state index in [9.17, 15) is 14.7 Å². The molecule has 0 unspecified atom stereocenters. The minimum absolute atomic E-state index is 0.100. The number of carbonyl (C=O) groups excluding carboxylic acids is 1. The van der Waals surface area contributed by atoms with Crippen LogP contribution in [0.5, 0.6) is 0 Å². The number of aliphatic carboxylic acids is 1. The van der Waals surface area contributed by atoms with E-state index < -0.39 is 30.0 Å². The van der Waals surface area contributed by atoms with Gasteiger partial charge >= 0.3 is 5.97 Å². The van der Waals surface area contributed by atoms with Gasteiger partial charge in [0.25, 0.3) is 0 Å². The van der Waals surface area contributed by atoms with Gasteiger partial charge in [0.1, 0.15) is 11.7 Å². The number of nitrogens with zero attached hydrogens (tertiary/aromatic N) is 2. The maximum absolute atomic E-state index is 12.8. The first-order valence-electron chi connectivity index (χ1n) is 8.23. The third kappa shape index (κ3) is 2.63. The standard InChI is InChI=1S/C17H20N2O5/c20-16(14-12-3-4-13(24-12)15(14)17(21)22)19-7-5-18(6-8-19)10-11-2-1-9-23-11/h1-4,9,12-15H,5-8,10H2,(H,21,22)/t12-,13-,14-,15+/m1/s1. The number of hydrogen-bond acceptors (Lipinski definition) is 5. The Hall–Kier alpha value is -2.12. The second-order valence-electron chi connectivity index (χ2n) is 6.52. The van der Waals surface area contributed by atoms with Crippen LogP contribution >= 0.6 is 0 Å². The van der Waals surface area contributed by atoms with Crippen LogP contribution in [0.3, 0.4) is 0 Å². The topological polar surface area (TPSA) is 83.2 Å².